The fourth-order valence-corrected chi connectivity index (χ4v) is 2.83. The van der Waals surface area contributed by atoms with Gasteiger partial charge in [-0.25, -0.2) is 14.6 Å². The summed E-state index contributed by atoms with van der Waals surface area (Å²) < 4.78 is 0. The summed E-state index contributed by atoms with van der Waals surface area (Å²) in [4.78, 5) is 25.5. The van der Waals surface area contributed by atoms with Crippen LogP contribution in [0.4, 0.5) is 0 Å². The number of hydrogen-bond donors (Lipinski definition) is 1. The van der Waals surface area contributed by atoms with E-state index in [0.29, 0.717) is 24.2 Å². The van der Waals surface area contributed by atoms with Gasteiger partial charge in [-0.3, -0.25) is 0 Å². The van der Waals surface area contributed by atoms with Gasteiger partial charge in [-0.1, -0.05) is 61.5 Å². The monoisotopic (exact) mass is 357 g/mol. The smallest absolute Gasteiger partial charge is 0.348 e. The Kier molecular flexibility index (Phi) is 7.33. The second kappa shape index (κ2) is 9.48. The Morgan fingerprint density at radius 2 is 1.73 bits per heavy atom. The lowest BCUT2D eigenvalue weighted by Gasteiger charge is -2.31. The van der Waals surface area contributed by atoms with Crippen molar-refractivity contribution in [2.24, 2.45) is 0 Å². The van der Waals surface area contributed by atoms with Crippen LogP contribution in [-0.4, -0.2) is 43.2 Å². The van der Waals surface area contributed by atoms with Gasteiger partial charge in [-0.15, -0.1) is 0 Å². The van der Waals surface area contributed by atoms with Crippen LogP contribution in [0.2, 0.25) is 0 Å². The molecule has 2 rings (SSSR count). The van der Waals surface area contributed by atoms with Crippen molar-refractivity contribution < 1.29 is 19.7 Å². The molecule has 0 bridgehead atoms. The third kappa shape index (κ3) is 4.49. The van der Waals surface area contributed by atoms with Gasteiger partial charge in [0, 0.05) is 17.7 Å². The number of rotatable bonds is 10. The van der Waals surface area contributed by atoms with Crippen LogP contribution in [0.3, 0.4) is 0 Å². The summed E-state index contributed by atoms with van der Waals surface area (Å²) in [6.45, 7) is 3.07. The summed E-state index contributed by atoms with van der Waals surface area (Å²) in [5.41, 5.74) is 0.337. The van der Waals surface area contributed by atoms with Gasteiger partial charge in [0.2, 0.25) is 5.60 Å². The van der Waals surface area contributed by atoms with E-state index in [1.807, 2.05) is 45.3 Å². The predicted molar refractivity (Wildman–Crippen MR) is 101 cm³/mol. The Balaban J connectivity index is 2.58. The van der Waals surface area contributed by atoms with Crippen LogP contribution in [0, 0.1) is 0 Å². The van der Waals surface area contributed by atoms with E-state index in [9.17, 15) is 9.90 Å². The Morgan fingerprint density at radius 3 is 2.35 bits per heavy atom. The third-order valence-electron chi connectivity index (χ3n) is 4.18. The molecular weight excluding hydrogens is 330 g/mol. The number of carboxylic acid groups (broad SMARTS) is 1. The van der Waals surface area contributed by atoms with Gasteiger partial charge in [0.15, 0.2) is 0 Å². The van der Waals surface area contributed by atoms with Gasteiger partial charge in [0.1, 0.15) is 0 Å². The van der Waals surface area contributed by atoms with E-state index in [4.69, 9.17) is 9.78 Å². The van der Waals surface area contributed by atoms with Gasteiger partial charge in [0.25, 0.3) is 0 Å². The average Bonchev–Trinajstić information content (AvgIpc) is 2.64. The van der Waals surface area contributed by atoms with E-state index in [1.165, 1.54) is 0 Å². The first-order valence-electron chi connectivity index (χ1n) is 8.85. The van der Waals surface area contributed by atoms with Crippen LogP contribution in [0.25, 0.3) is 0 Å². The molecule has 1 unspecified atom stereocenters. The summed E-state index contributed by atoms with van der Waals surface area (Å²) >= 11 is 0. The zero-order chi connectivity index (χ0) is 19.0. The molecule has 2 aromatic carbocycles. The van der Waals surface area contributed by atoms with E-state index in [0.717, 1.165) is 18.5 Å². The number of likely N-dealkylation sites (N-methyl/N-ethyl adjacent to an activating group) is 1. The van der Waals surface area contributed by atoms with Crippen molar-refractivity contribution in [1.29, 1.82) is 0 Å². The topological polar surface area (TPSA) is 59.0 Å². The molecule has 0 radical (unpaired) electrons. The first kappa shape index (κ1) is 20.1. The highest BCUT2D eigenvalue weighted by molar-refractivity contribution is 5.84. The van der Waals surface area contributed by atoms with Crippen molar-refractivity contribution in [3.8, 4) is 0 Å². The quantitative estimate of drug-likeness (QED) is 0.401. The molecule has 1 N–H and O–H groups in total. The van der Waals surface area contributed by atoms with Crippen LogP contribution < -0.4 is 0 Å². The molecule has 0 aliphatic carbocycles. The maximum Gasteiger partial charge on any atom is 0.348 e. The molecule has 140 valence electrons. The van der Waals surface area contributed by atoms with Crippen LogP contribution >= 0.6 is 0 Å². The Hall–Kier alpha value is -2.21. The van der Waals surface area contributed by atoms with Crippen molar-refractivity contribution >= 4 is 5.97 Å². The number of carboxylic acids is 1. The molecule has 5 heteroatoms. The van der Waals surface area contributed by atoms with E-state index >= 15 is 0 Å². The van der Waals surface area contributed by atoms with E-state index in [-0.39, 0.29) is 0 Å². The number of hydrogen-bond acceptors (Lipinski definition) is 4. The molecule has 0 amide bonds. The fourth-order valence-electron chi connectivity index (χ4n) is 2.83. The molecule has 0 heterocycles. The molecule has 26 heavy (non-hydrogen) atoms. The van der Waals surface area contributed by atoms with Crippen LogP contribution in [-0.2, 0) is 26.6 Å². The van der Waals surface area contributed by atoms with Gasteiger partial charge in [-0.05, 0) is 32.5 Å². The lowest BCUT2D eigenvalue weighted by atomic mass is 9.83. The first-order chi connectivity index (χ1) is 12.5. The minimum Gasteiger partial charge on any atom is -0.478 e. The van der Waals surface area contributed by atoms with Gasteiger partial charge < -0.3 is 10.0 Å². The predicted octanol–water partition coefficient (Wildman–Crippen LogP) is 3.48. The van der Waals surface area contributed by atoms with Crippen LogP contribution in [0.1, 0.15) is 30.0 Å². The van der Waals surface area contributed by atoms with Crippen molar-refractivity contribution in [2.75, 3.05) is 27.2 Å². The molecular formula is C21H27NO4. The van der Waals surface area contributed by atoms with Gasteiger partial charge in [0.05, 0.1) is 6.61 Å². The first-order valence-corrected chi connectivity index (χ1v) is 8.85. The lowest BCUT2D eigenvalue weighted by molar-refractivity contribution is -0.348. The van der Waals surface area contributed by atoms with E-state index in [2.05, 4.69) is 4.90 Å². The zero-order valence-corrected chi connectivity index (χ0v) is 15.6. The largest absolute Gasteiger partial charge is 0.478 e. The Morgan fingerprint density at radius 1 is 1.08 bits per heavy atom. The summed E-state index contributed by atoms with van der Waals surface area (Å²) in [7, 11) is 3.98. The lowest BCUT2D eigenvalue weighted by Crippen LogP contribution is -2.41. The molecule has 0 fully saturated rings. The highest BCUT2D eigenvalue weighted by Crippen LogP contribution is 2.37. The van der Waals surface area contributed by atoms with Gasteiger partial charge >= 0.3 is 5.97 Å². The van der Waals surface area contributed by atoms with Crippen LogP contribution in [0.5, 0.6) is 0 Å². The number of carbonyl (C=O) groups is 1. The SMILES string of the molecule is CCCOOC(C(=O)O)(c1ccccc1)c1ccccc1CCN(C)C. The van der Waals surface area contributed by atoms with Gasteiger partial charge in [-0.2, -0.15) is 0 Å². The normalized spacial score (nSPS) is 13.5. The number of benzene rings is 2. The third-order valence-corrected chi connectivity index (χ3v) is 4.18. The molecule has 0 aliphatic heterocycles. The summed E-state index contributed by atoms with van der Waals surface area (Å²) in [6.07, 6.45) is 1.44. The number of nitrogens with zero attached hydrogens (tertiary/aromatic N) is 1. The standard InChI is InChI=1S/C21H27NO4/c1-4-16-25-26-21(20(23)24,18-11-6-5-7-12-18)19-13-9-8-10-17(19)14-15-22(2)3/h5-13H,4,14-16H2,1-3H3,(H,23,24). The molecule has 2 aromatic rings. The minimum absolute atomic E-state index is 0.321. The second-order valence-electron chi connectivity index (χ2n) is 6.47. The maximum atomic E-state index is 12.5. The molecule has 1 atom stereocenters. The molecule has 0 saturated heterocycles. The molecule has 5 nitrogen and oxygen atoms in total. The van der Waals surface area contributed by atoms with Crippen molar-refractivity contribution in [2.45, 2.75) is 25.4 Å². The van der Waals surface area contributed by atoms with Crippen molar-refractivity contribution in [1.82, 2.24) is 4.90 Å². The molecule has 0 spiro atoms. The summed E-state index contributed by atoms with van der Waals surface area (Å²) in [5, 5.41) is 10.2. The molecule has 0 saturated carbocycles. The molecule has 0 aliphatic rings. The summed E-state index contributed by atoms with van der Waals surface area (Å²) in [6, 6.07) is 16.5. The maximum absolute atomic E-state index is 12.5. The highest BCUT2D eigenvalue weighted by Gasteiger charge is 2.46. The average molecular weight is 357 g/mol. The van der Waals surface area contributed by atoms with E-state index < -0.39 is 11.6 Å². The fraction of sp³-hybridized carbons (Fsp3) is 0.381. The Labute approximate surface area is 155 Å². The van der Waals surface area contributed by atoms with Crippen molar-refractivity contribution in [3.63, 3.8) is 0 Å². The second-order valence-corrected chi connectivity index (χ2v) is 6.47. The zero-order valence-electron chi connectivity index (χ0n) is 15.6. The van der Waals surface area contributed by atoms with Crippen molar-refractivity contribution in [3.05, 3.63) is 71.3 Å². The highest BCUT2D eigenvalue weighted by atomic mass is 17.2. The summed E-state index contributed by atoms with van der Waals surface area (Å²) in [5.74, 6) is -1.10. The van der Waals surface area contributed by atoms with Crippen LogP contribution in [0.15, 0.2) is 54.6 Å². The molecule has 0 aromatic heterocycles. The Bertz CT molecular complexity index is 702. The minimum atomic E-state index is -1.71. The van der Waals surface area contributed by atoms with E-state index in [1.54, 1.807) is 30.3 Å². The number of aliphatic carboxylic acids is 1.